The maximum Gasteiger partial charge on any atom is 0.0192 e. The predicted molar refractivity (Wildman–Crippen MR) is 55.9 cm³/mol. The molecule has 2 heteroatoms. The average Bonchev–Trinajstić information content (AvgIpc) is 2.05. The number of nitrogens with zero attached hydrogens (tertiary/aromatic N) is 1. The summed E-state index contributed by atoms with van der Waals surface area (Å²) >= 11 is 0. The molecule has 1 saturated carbocycles. The van der Waals surface area contributed by atoms with Crippen molar-refractivity contribution in [3.63, 3.8) is 0 Å². The highest BCUT2D eigenvalue weighted by Gasteiger charge is 2.21. The second kappa shape index (κ2) is 4.43. The van der Waals surface area contributed by atoms with Crippen molar-refractivity contribution in [2.75, 3.05) is 26.2 Å². The Morgan fingerprint density at radius 3 is 2.85 bits per heavy atom. The number of hydrogen-bond donors (Lipinski definition) is 1. The van der Waals surface area contributed by atoms with E-state index in [2.05, 4.69) is 17.1 Å². The summed E-state index contributed by atoms with van der Waals surface area (Å²) in [5, 5.41) is 3.44. The third-order valence-electron chi connectivity index (χ3n) is 3.69. The molecule has 1 saturated heterocycles. The molecule has 1 heterocycles. The SMILES string of the molecule is CC1CNCCN1CCC1CCC1. The molecule has 2 aliphatic rings. The summed E-state index contributed by atoms with van der Waals surface area (Å²) in [6.45, 7) is 7.31. The van der Waals surface area contributed by atoms with Crippen molar-refractivity contribution in [1.82, 2.24) is 10.2 Å². The fourth-order valence-corrected chi connectivity index (χ4v) is 2.35. The van der Waals surface area contributed by atoms with Gasteiger partial charge in [0, 0.05) is 25.7 Å². The molecule has 13 heavy (non-hydrogen) atoms. The number of rotatable bonds is 3. The summed E-state index contributed by atoms with van der Waals surface area (Å²) in [6, 6.07) is 0.758. The van der Waals surface area contributed by atoms with Gasteiger partial charge in [0.05, 0.1) is 0 Å². The van der Waals surface area contributed by atoms with Crippen molar-refractivity contribution in [3.8, 4) is 0 Å². The zero-order valence-electron chi connectivity index (χ0n) is 8.76. The second-order valence-electron chi connectivity index (χ2n) is 4.67. The van der Waals surface area contributed by atoms with Crippen LogP contribution in [0.15, 0.2) is 0 Å². The quantitative estimate of drug-likeness (QED) is 0.711. The molecule has 0 radical (unpaired) electrons. The van der Waals surface area contributed by atoms with Gasteiger partial charge in [-0.25, -0.2) is 0 Å². The Bertz CT molecular complexity index is 154. The molecule has 1 aliphatic carbocycles. The summed E-state index contributed by atoms with van der Waals surface area (Å²) in [7, 11) is 0. The van der Waals surface area contributed by atoms with Crippen LogP contribution in [-0.4, -0.2) is 37.1 Å². The lowest BCUT2D eigenvalue weighted by molar-refractivity contribution is 0.148. The van der Waals surface area contributed by atoms with E-state index in [1.165, 1.54) is 51.9 Å². The van der Waals surface area contributed by atoms with Crippen LogP contribution < -0.4 is 5.32 Å². The van der Waals surface area contributed by atoms with Crippen LogP contribution in [0.2, 0.25) is 0 Å². The van der Waals surface area contributed by atoms with Crippen LogP contribution in [0.5, 0.6) is 0 Å². The van der Waals surface area contributed by atoms with Gasteiger partial charge in [-0.2, -0.15) is 0 Å². The van der Waals surface area contributed by atoms with E-state index in [-0.39, 0.29) is 0 Å². The van der Waals surface area contributed by atoms with Crippen LogP contribution in [0.3, 0.4) is 0 Å². The third kappa shape index (κ3) is 2.44. The van der Waals surface area contributed by atoms with E-state index in [0.29, 0.717) is 0 Å². The first-order valence-electron chi connectivity index (χ1n) is 5.81. The average molecular weight is 182 g/mol. The minimum absolute atomic E-state index is 0.758. The standard InChI is InChI=1S/C11H22N2/c1-10-9-12-6-8-13(10)7-5-11-3-2-4-11/h10-12H,2-9H2,1H3. The Morgan fingerprint density at radius 2 is 2.23 bits per heavy atom. The van der Waals surface area contributed by atoms with Gasteiger partial charge in [0.2, 0.25) is 0 Å². The van der Waals surface area contributed by atoms with E-state index in [9.17, 15) is 0 Å². The van der Waals surface area contributed by atoms with Crippen LogP contribution in [-0.2, 0) is 0 Å². The van der Waals surface area contributed by atoms with Gasteiger partial charge in [0.15, 0.2) is 0 Å². The van der Waals surface area contributed by atoms with Gasteiger partial charge < -0.3 is 5.32 Å². The van der Waals surface area contributed by atoms with E-state index in [4.69, 9.17) is 0 Å². The summed E-state index contributed by atoms with van der Waals surface area (Å²) in [4.78, 5) is 2.65. The first kappa shape index (κ1) is 9.47. The summed E-state index contributed by atoms with van der Waals surface area (Å²) in [6.07, 6.45) is 5.94. The molecule has 0 amide bonds. The number of piperazine rings is 1. The summed E-state index contributed by atoms with van der Waals surface area (Å²) in [5.41, 5.74) is 0. The Hall–Kier alpha value is -0.0800. The van der Waals surface area contributed by atoms with E-state index >= 15 is 0 Å². The molecule has 0 bridgehead atoms. The first-order chi connectivity index (χ1) is 6.36. The highest BCUT2D eigenvalue weighted by Crippen LogP contribution is 2.29. The Balaban J connectivity index is 1.66. The summed E-state index contributed by atoms with van der Waals surface area (Å²) < 4.78 is 0. The highest BCUT2D eigenvalue weighted by atomic mass is 15.2. The van der Waals surface area contributed by atoms with E-state index < -0.39 is 0 Å². The Morgan fingerprint density at radius 1 is 1.38 bits per heavy atom. The maximum atomic E-state index is 3.44. The van der Waals surface area contributed by atoms with Gasteiger partial charge in [-0.15, -0.1) is 0 Å². The molecule has 2 fully saturated rings. The lowest BCUT2D eigenvalue weighted by Gasteiger charge is -2.36. The van der Waals surface area contributed by atoms with Gasteiger partial charge in [-0.3, -0.25) is 4.90 Å². The topological polar surface area (TPSA) is 15.3 Å². The number of nitrogens with one attached hydrogen (secondary N) is 1. The fraction of sp³-hybridized carbons (Fsp3) is 1.00. The molecule has 1 N–H and O–H groups in total. The smallest absolute Gasteiger partial charge is 0.0192 e. The predicted octanol–water partition coefficient (Wildman–Crippen LogP) is 1.47. The van der Waals surface area contributed by atoms with Crippen molar-refractivity contribution in [3.05, 3.63) is 0 Å². The maximum absolute atomic E-state index is 3.44. The molecule has 2 rings (SSSR count). The van der Waals surface area contributed by atoms with Crippen LogP contribution in [0.25, 0.3) is 0 Å². The summed E-state index contributed by atoms with van der Waals surface area (Å²) in [5.74, 6) is 1.07. The molecule has 0 spiro atoms. The normalized spacial score (nSPS) is 31.6. The van der Waals surface area contributed by atoms with Crippen LogP contribution in [0.1, 0.15) is 32.6 Å². The van der Waals surface area contributed by atoms with Gasteiger partial charge in [0.25, 0.3) is 0 Å². The molecule has 0 aromatic carbocycles. The largest absolute Gasteiger partial charge is 0.314 e. The van der Waals surface area contributed by atoms with Gasteiger partial charge in [-0.05, 0) is 25.8 Å². The first-order valence-corrected chi connectivity index (χ1v) is 5.81. The molecule has 1 aliphatic heterocycles. The van der Waals surface area contributed by atoms with Crippen LogP contribution in [0.4, 0.5) is 0 Å². The van der Waals surface area contributed by atoms with Gasteiger partial charge in [-0.1, -0.05) is 19.3 Å². The molecular weight excluding hydrogens is 160 g/mol. The van der Waals surface area contributed by atoms with E-state index in [1.54, 1.807) is 0 Å². The van der Waals surface area contributed by atoms with Crippen LogP contribution >= 0.6 is 0 Å². The van der Waals surface area contributed by atoms with Crippen molar-refractivity contribution in [2.24, 2.45) is 5.92 Å². The van der Waals surface area contributed by atoms with E-state index in [1.807, 2.05) is 0 Å². The lowest BCUT2D eigenvalue weighted by atomic mass is 9.83. The lowest BCUT2D eigenvalue weighted by Crippen LogP contribution is -2.50. The Kier molecular flexibility index (Phi) is 3.23. The minimum Gasteiger partial charge on any atom is -0.314 e. The minimum atomic E-state index is 0.758. The van der Waals surface area contributed by atoms with E-state index in [0.717, 1.165) is 12.0 Å². The molecule has 2 nitrogen and oxygen atoms in total. The third-order valence-corrected chi connectivity index (χ3v) is 3.69. The van der Waals surface area contributed by atoms with Crippen molar-refractivity contribution < 1.29 is 0 Å². The van der Waals surface area contributed by atoms with Crippen molar-refractivity contribution in [1.29, 1.82) is 0 Å². The molecule has 76 valence electrons. The molecule has 0 aromatic heterocycles. The molecule has 1 unspecified atom stereocenters. The second-order valence-corrected chi connectivity index (χ2v) is 4.67. The molecule has 0 aromatic rings. The van der Waals surface area contributed by atoms with Gasteiger partial charge >= 0.3 is 0 Å². The van der Waals surface area contributed by atoms with Crippen molar-refractivity contribution >= 4 is 0 Å². The molecular formula is C11H22N2. The number of hydrogen-bond acceptors (Lipinski definition) is 2. The van der Waals surface area contributed by atoms with Crippen LogP contribution in [0, 0.1) is 5.92 Å². The zero-order valence-corrected chi connectivity index (χ0v) is 8.76. The molecule has 1 atom stereocenters. The van der Waals surface area contributed by atoms with Gasteiger partial charge in [0.1, 0.15) is 0 Å². The highest BCUT2D eigenvalue weighted by molar-refractivity contribution is 4.78. The fourth-order valence-electron chi connectivity index (χ4n) is 2.35. The monoisotopic (exact) mass is 182 g/mol. The zero-order chi connectivity index (χ0) is 9.10. The van der Waals surface area contributed by atoms with Crippen molar-refractivity contribution in [2.45, 2.75) is 38.6 Å². The Labute approximate surface area is 81.7 Å².